The lowest BCUT2D eigenvalue weighted by atomic mass is 9.38. The second-order valence-electron chi connectivity index (χ2n) is 15.5. The van der Waals surface area contributed by atoms with E-state index in [1.165, 1.54) is 6.26 Å². The number of nitrogens with zero attached hydrogens (tertiary/aromatic N) is 1. The molecule has 4 rings (SSSR count). The number of rotatable bonds is 2. The molecule has 0 radical (unpaired) electrons. The number of nitrogens with one attached hydrogen (secondary N) is 1. The van der Waals surface area contributed by atoms with Crippen molar-refractivity contribution in [3.05, 3.63) is 23.3 Å². The highest BCUT2D eigenvalue weighted by molar-refractivity contribution is 7.88. The van der Waals surface area contributed by atoms with Crippen LogP contribution in [0.25, 0.3) is 0 Å². The first-order chi connectivity index (χ1) is 17.6. The standard InChI is InChI=1S/C32H48N2O4S/c1-27(2)12-10-22-23(35)18-25-30(6)19-21(20-33)26(36)28(3,4)24(30)11-13-32(25,8)31(22,7)17-16-29(5,15-14-27)34-39(9,37)38/h18-19,22,24,34H,10-17H2,1-9H3/t22?,24-,29-,30-,31+,32+/m0/s1. The van der Waals surface area contributed by atoms with Gasteiger partial charge in [-0.15, -0.1) is 0 Å². The summed E-state index contributed by atoms with van der Waals surface area (Å²) in [5.41, 5.74) is -1.39. The molecule has 2 saturated carbocycles. The summed E-state index contributed by atoms with van der Waals surface area (Å²) in [4.78, 5) is 27.4. The Bertz CT molecular complexity index is 1300. The minimum absolute atomic E-state index is 0.00231. The Labute approximate surface area is 236 Å². The van der Waals surface area contributed by atoms with Crippen LogP contribution in [-0.2, 0) is 19.6 Å². The Hall–Kier alpha value is -1.78. The fourth-order valence-electron chi connectivity index (χ4n) is 9.14. The van der Waals surface area contributed by atoms with Crippen LogP contribution in [-0.4, -0.2) is 31.8 Å². The third-order valence-electron chi connectivity index (χ3n) is 11.8. The second-order valence-corrected chi connectivity index (χ2v) is 17.2. The molecule has 0 saturated heterocycles. The number of carbonyl (C=O) groups excluding carboxylic acids is 2. The molecule has 0 aromatic heterocycles. The Balaban J connectivity index is 1.89. The van der Waals surface area contributed by atoms with Crippen molar-refractivity contribution in [1.82, 2.24) is 4.72 Å². The van der Waals surface area contributed by atoms with Crippen molar-refractivity contribution in [3.8, 4) is 6.07 Å². The highest BCUT2D eigenvalue weighted by Gasteiger charge is 2.65. The predicted octanol–water partition coefficient (Wildman–Crippen LogP) is 6.29. The Morgan fingerprint density at radius 3 is 2.10 bits per heavy atom. The molecule has 0 aromatic rings. The molecule has 0 bridgehead atoms. The van der Waals surface area contributed by atoms with Crippen LogP contribution in [0.2, 0.25) is 0 Å². The third-order valence-corrected chi connectivity index (χ3v) is 12.7. The summed E-state index contributed by atoms with van der Waals surface area (Å²) in [6, 6.07) is 2.16. The SMILES string of the molecule is CC1(C)CCC2C(=O)C=C3[C@@]4(C)C=C(C#N)C(=O)C(C)(C)[C@@H]4CC[C@@]3(C)[C@]2(C)CC[C@@](C)(NS(C)(=O)=O)CC1. The highest BCUT2D eigenvalue weighted by atomic mass is 32.2. The molecule has 6 nitrogen and oxygen atoms in total. The maximum absolute atomic E-state index is 14.1. The largest absolute Gasteiger partial charge is 0.295 e. The van der Waals surface area contributed by atoms with E-state index >= 15 is 0 Å². The summed E-state index contributed by atoms with van der Waals surface area (Å²) in [6.45, 7) is 17.1. The number of carbonyl (C=O) groups is 2. The van der Waals surface area contributed by atoms with Crippen LogP contribution < -0.4 is 4.72 Å². The first kappa shape index (κ1) is 30.2. The maximum Gasteiger partial charge on any atom is 0.209 e. The van der Waals surface area contributed by atoms with Gasteiger partial charge in [-0.3, -0.25) is 9.59 Å². The Morgan fingerprint density at radius 1 is 0.897 bits per heavy atom. The molecule has 0 amide bonds. The highest BCUT2D eigenvalue weighted by Crippen LogP contribution is 2.70. The molecule has 1 N–H and O–H groups in total. The summed E-state index contributed by atoms with van der Waals surface area (Å²) in [7, 11) is -3.42. The molecule has 1 unspecified atom stereocenters. The molecule has 4 aliphatic rings. The van der Waals surface area contributed by atoms with Gasteiger partial charge in [-0.05, 0) is 86.5 Å². The summed E-state index contributed by atoms with van der Waals surface area (Å²) in [5, 5.41) is 9.89. The van der Waals surface area contributed by atoms with Gasteiger partial charge in [-0.1, -0.05) is 60.1 Å². The van der Waals surface area contributed by atoms with Crippen LogP contribution in [0, 0.1) is 50.2 Å². The van der Waals surface area contributed by atoms with E-state index < -0.39 is 31.8 Å². The minimum atomic E-state index is -3.42. The van der Waals surface area contributed by atoms with E-state index in [-0.39, 0.29) is 39.8 Å². The number of nitriles is 1. The molecule has 4 aliphatic carbocycles. The molecular formula is C32H48N2O4S. The molecule has 2 fully saturated rings. The van der Waals surface area contributed by atoms with Gasteiger partial charge < -0.3 is 0 Å². The summed E-state index contributed by atoms with van der Waals surface area (Å²) < 4.78 is 27.8. The van der Waals surface area contributed by atoms with Crippen molar-refractivity contribution in [1.29, 1.82) is 5.26 Å². The number of hydrogen-bond acceptors (Lipinski definition) is 5. The van der Waals surface area contributed by atoms with E-state index in [9.17, 15) is 23.3 Å². The third kappa shape index (κ3) is 4.78. The number of ketones is 2. The monoisotopic (exact) mass is 556 g/mol. The minimum Gasteiger partial charge on any atom is -0.295 e. The molecule has 6 atom stereocenters. The van der Waals surface area contributed by atoms with Crippen molar-refractivity contribution in [2.75, 3.05) is 6.26 Å². The van der Waals surface area contributed by atoms with E-state index in [0.29, 0.717) is 12.8 Å². The number of fused-ring (bicyclic) bond motifs is 5. The lowest BCUT2D eigenvalue weighted by Crippen LogP contribution is -2.60. The van der Waals surface area contributed by atoms with Gasteiger partial charge >= 0.3 is 0 Å². The van der Waals surface area contributed by atoms with Gasteiger partial charge in [0.1, 0.15) is 6.07 Å². The van der Waals surface area contributed by atoms with E-state index in [2.05, 4.69) is 45.4 Å². The molecular weight excluding hydrogens is 508 g/mol. The van der Waals surface area contributed by atoms with Crippen molar-refractivity contribution in [3.63, 3.8) is 0 Å². The predicted molar refractivity (Wildman–Crippen MR) is 154 cm³/mol. The smallest absolute Gasteiger partial charge is 0.209 e. The molecule has 39 heavy (non-hydrogen) atoms. The summed E-state index contributed by atoms with van der Waals surface area (Å²) in [6.07, 6.45) is 11.4. The van der Waals surface area contributed by atoms with E-state index in [1.807, 2.05) is 32.9 Å². The lowest BCUT2D eigenvalue weighted by Gasteiger charge is -2.65. The maximum atomic E-state index is 14.1. The zero-order valence-electron chi connectivity index (χ0n) is 25.5. The van der Waals surface area contributed by atoms with Crippen LogP contribution in [0.5, 0.6) is 0 Å². The first-order valence-electron chi connectivity index (χ1n) is 14.6. The summed E-state index contributed by atoms with van der Waals surface area (Å²) in [5.74, 6) is -0.129. The molecule has 7 heteroatoms. The quantitative estimate of drug-likeness (QED) is 0.431. The fourth-order valence-corrected chi connectivity index (χ4v) is 10.2. The molecule has 0 aliphatic heterocycles. The van der Waals surface area contributed by atoms with Crippen LogP contribution >= 0.6 is 0 Å². The molecule has 0 spiro atoms. The van der Waals surface area contributed by atoms with Gasteiger partial charge in [0, 0.05) is 22.3 Å². The fraction of sp³-hybridized carbons (Fsp3) is 0.781. The number of allylic oxidation sites excluding steroid dienone is 4. The van der Waals surface area contributed by atoms with Gasteiger partial charge in [0.25, 0.3) is 0 Å². The zero-order valence-corrected chi connectivity index (χ0v) is 26.3. The normalized spacial score (nSPS) is 42.2. The van der Waals surface area contributed by atoms with Crippen molar-refractivity contribution in [2.45, 2.75) is 112 Å². The van der Waals surface area contributed by atoms with Crippen LogP contribution in [0.3, 0.4) is 0 Å². The van der Waals surface area contributed by atoms with Gasteiger partial charge in [0.2, 0.25) is 10.0 Å². The van der Waals surface area contributed by atoms with Crippen LogP contribution in [0.4, 0.5) is 0 Å². The molecule has 0 aromatic carbocycles. The number of hydrogen-bond donors (Lipinski definition) is 1. The number of sulfonamides is 1. The Kier molecular flexibility index (Phi) is 7.05. The van der Waals surface area contributed by atoms with Gasteiger partial charge in [0.15, 0.2) is 11.6 Å². The Morgan fingerprint density at radius 2 is 1.51 bits per heavy atom. The summed E-state index contributed by atoms with van der Waals surface area (Å²) >= 11 is 0. The van der Waals surface area contributed by atoms with E-state index in [0.717, 1.165) is 44.1 Å². The van der Waals surface area contributed by atoms with Gasteiger partial charge in [-0.25, -0.2) is 13.1 Å². The van der Waals surface area contributed by atoms with E-state index in [4.69, 9.17) is 0 Å². The van der Waals surface area contributed by atoms with Crippen molar-refractivity contribution >= 4 is 21.6 Å². The number of Topliss-reactive ketones (excluding diaryl/α,β-unsaturated/α-hetero) is 1. The average molecular weight is 557 g/mol. The van der Waals surface area contributed by atoms with E-state index in [1.54, 1.807) is 0 Å². The van der Waals surface area contributed by atoms with Crippen molar-refractivity contribution in [2.24, 2.45) is 38.9 Å². The first-order valence-corrected chi connectivity index (χ1v) is 16.5. The topological polar surface area (TPSA) is 104 Å². The van der Waals surface area contributed by atoms with Crippen molar-refractivity contribution < 1.29 is 18.0 Å². The second kappa shape index (κ2) is 9.11. The van der Waals surface area contributed by atoms with Crippen LogP contribution in [0.1, 0.15) is 107 Å². The lowest BCUT2D eigenvalue weighted by molar-refractivity contribution is -0.139. The molecule has 216 valence electrons. The van der Waals surface area contributed by atoms with Gasteiger partial charge in [0.05, 0.1) is 11.8 Å². The molecule has 0 heterocycles. The van der Waals surface area contributed by atoms with Gasteiger partial charge in [-0.2, -0.15) is 5.26 Å². The zero-order chi connectivity index (χ0) is 29.4. The van der Waals surface area contributed by atoms with Crippen LogP contribution in [0.15, 0.2) is 23.3 Å². The average Bonchev–Trinajstić information content (AvgIpc) is 2.79.